The molecule has 0 aromatic carbocycles. The van der Waals surface area contributed by atoms with Gasteiger partial charge in [0, 0.05) is 12.8 Å². The first-order valence-corrected chi connectivity index (χ1v) is 24.3. The van der Waals surface area contributed by atoms with Crippen LogP contribution in [0.25, 0.3) is 0 Å². The van der Waals surface area contributed by atoms with Crippen LogP contribution in [0.15, 0.2) is 109 Å². The van der Waals surface area contributed by atoms with Crippen molar-refractivity contribution in [2.24, 2.45) is 0 Å². The van der Waals surface area contributed by atoms with Gasteiger partial charge in [0.2, 0.25) is 0 Å². The number of allylic oxidation sites excluding steroid dienone is 16. The van der Waals surface area contributed by atoms with Crippen LogP contribution in [0.2, 0.25) is 0 Å². The number of phosphoric ester groups is 1. The van der Waals surface area contributed by atoms with Gasteiger partial charge in [-0.15, -0.1) is 0 Å². The Balaban J connectivity index is 2.58. The second-order valence-corrected chi connectivity index (χ2v) is 16.8. The van der Waals surface area contributed by atoms with Crippen LogP contribution in [-0.4, -0.2) is 110 Å². The van der Waals surface area contributed by atoms with Crippen LogP contribution < -0.4 is 0 Å². The van der Waals surface area contributed by atoms with Crippen molar-refractivity contribution in [3.05, 3.63) is 109 Å². The third kappa shape index (κ3) is 29.8. The summed E-state index contributed by atoms with van der Waals surface area (Å²) in [6, 6.07) is 0. The van der Waals surface area contributed by atoms with Crippen LogP contribution in [0, 0.1) is 0 Å². The highest BCUT2D eigenvalue weighted by Gasteiger charge is 2.51. The summed E-state index contributed by atoms with van der Waals surface area (Å²) in [5.74, 6) is -1.27. The number of carbonyl (C=O) groups excluding carboxylic acids is 2. The van der Waals surface area contributed by atoms with Crippen molar-refractivity contribution in [1.82, 2.24) is 0 Å². The summed E-state index contributed by atoms with van der Waals surface area (Å²) in [5.41, 5.74) is 0. The van der Waals surface area contributed by atoms with Gasteiger partial charge in [-0.2, -0.15) is 0 Å². The molecule has 1 fully saturated rings. The van der Waals surface area contributed by atoms with Crippen LogP contribution in [0.4, 0.5) is 0 Å². The lowest BCUT2D eigenvalue weighted by Gasteiger charge is -2.41. The lowest BCUT2D eigenvalue weighted by molar-refractivity contribution is -0.220. The van der Waals surface area contributed by atoms with Crippen molar-refractivity contribution in [2.75, 3.05) is 13.2 Å². The van der Waals surface area contributed by atoms with E-state index in [0.29, 0.717) is 38.5 Å². The number of aliphatic hydroxyl groups is 6. The third-order valence-corrected chi connectivity index (χ3v) is 10.7. The largest absolute Gasteiger partial charge is 0.472 e. The number of rotatable bonds is 35. The molecule has 0 heterocycles. The molecule has 0 bridgehead atoms. The molecule has 0 aromatic heterocycles. The van der Waals surface area contributed by atoms with Gasteiger partial charge in [0.15, 0.2) is 6.10 Å². The Labute approximate surface area is 381 Å². The van der Waals surface area contributed by atoms with Crippen LogP contribution in [0.1, 0.15) is 123 Å². The quantitative estimate of drug-likeness (QED) is 0.0106. The van der Waals surface area contributed by atoms with Gasteiger partial charge in [0.25, 0.3) is 0 Å². The summed E-state index contributed by atoms with van der Waals surface area (Å²) in [4.78, 5) is 35.7. The van der Waals surface area contributed by atoms with Gasteiger partial charge in [-0.1, -0.05) is 136 Å². The predicted octanol–water partition coefficient (Wildman–Crippen LogP) is 7.80. The average Bonchev–Trinajstić information content (AvgIpc) is 3.27. The molecule has 362 valence electrons. The highest BCUT2D eigenvalue weighted by Crippen LogP contribution is 2.47. The van der Waals surface area contributed by atoms with Gasteiger partial charge in [-0.3, -0.25) is 18.6 Å². The SMILES string of the molecule is CC/C=C\C(O)C/C=C/C=C\C/C=C\C/C=C\CCCC(=O)O[C@H](COC(=O)CCC/C=C\C/C=C\C/C=C\C/C=C\CCCCC)COP(=O)(O)OC1[C@H](O)[C@H](O)C(O)[C@H](O)[C@H]1O. The molecule has 7 N–H and O–H groups in total. The van der Waals surface area contributed by atoms with Gasteiger partial charge in [0.05, 0.1) is 12.7 Å². The first-order chi connectivity index (χ1) is 30.8. The molecule has 9 atom stereocenters. The number of esters is 2. The molecule has 1 rings (SSSR count). The first kappa shape index (κ1) is 58.5. The number of ether oxygens (including phenoxy) is 2. The lowest BCUT2D eigenvalue weighted by Crippen LogP contribution is -2.64. The lowest BCUT2D eigenvalue weighted by atomic mass is 9.85. The van der Waals surface area contributed by atoms with Gasteiger partial charge >= 0.3 is 19.8 Å². The first-order valence-electron chi connectivity index (χ1n) is 22.8. The summed E-state index contributed by atoms with van der Waals surface area (Å²) in [5, 5.41) is 59.9. The molecule has 0 spiro atoms. The Bertz CT molecular complexity index is 1550. The zero-order chi connectivity index (χ0) is 47.3. The predicted molar refractivity (Wildman–Crippen MR) is 250 cm³/mol. The average molecular weight is 921 g/mol. The van der Waals surface area contributed by atoms with Crippen molar-refractivity contribution in [2.45, 2.75) is 172 Å². The maximum Gasteiger partial charge on any atom is 0.472 e. The molecule has 0 radical (unpaired) electrons. The molecule has 15 heteroatoms. The van der Waals surface area contributed by atoms with E-state index in [1.165, 1.54) is 19.3 Å². The zero-order valence-corrected chi connectivity index (χ0v) is 38.8. The highest BCUT2D eigenvalue weighted by atomic mass is 31.2. The monoisotopic (exact) mass is 921 g/mol. The van der Waals surface area contributed by atoms with E-state index >= 15 is 0 Å². The molecule has 0 amide bonds. The van der Waals surface area contributed by atoms with E-state index < -0.39 is 81.8 Å². The zero-order valence-electron chi connectivity index (χ0n) is 37.9. The highest BCUT2D eigenvalue weighted by molar-refractivity contribution is 7.47. The van der Waals surface area contributed by atoms with E-state index in [-0.39, 0.29) is 12.8 Å². The van der Waals surface area contributed by atoms with Crippen LogP contribution in [0.5, 0.6) is 0 Å². The molecule has 0 aliphatic heterocycles. The van der Waals surface area contributed by atoms with Crippen molar-refractivity contribution < 1.29 is 68.2 Å². The summed E-state index contributed by atoms with van der Waals surface area (Å²) >= 11 is 0. The van der Waals surface area contributed by atoms with E-state index in [1.807, 2.05) is 73.8 Å². The minimum atomic E-state index is -5.16. The molecule has 0 saturated heterocycles. The van der Waals surface area contributed by atoms with E-state index in [4.69, 9.17) is 18.5 Å². The Hall–Kier alpha value is -3.53. The molecule has 64 heavy (non-hydrogen) atoms. The van der Waals surface area contributed by atoms with Crippen molar-refractivity contribution in [3.8, 4) is 0 Å². The van der Waals surface area contributed by atoms with Gasteiger partial charge in [0.1, 0.15) is 43.2 Å². The number of unbranched alkanes of at least 4 members (excludes halogenated alkanes) is 5. The maximum absolute atomic E-state index is 12.8. The minimum Gasteiger partial charge on any atom is -0.462 e. The third-order valence-electron chi connectivity index (χ3n) is 9.67. The molecule has 1 aliphatic rings. The molecule has 0 aromatic rings. The molecular weight excluding hydrogens is 843 g/mol. The second-order valence-electron chi connectivity index (χ2n) is 15.4. The molecular formula is C49H77O14P. The van der Waals surface area contributed by atoms with Gasteiger partial charge < -0.3 is 45.0 Å². The number of hydrogen-bond acceptors (Lipinski definition) is 13. The Morgan fingerprint density at radius 3 is 1.58 bits per heavy atom. The molecule has 1 saturated carbocycles. The van der Waals surface area contributed by atoms with Crippen molar-refractivity contribution in [1.29, 1.82) is 0 Å². The van der Waals surface area contributed by atoms with Crippen molar-refractivity contribution in [3.63, 3.8) is 0 Å². The van der Waals surface area contributed by atoms with Gasteiger partial charge in [-0.05, 0) is 83.5 Å². The van der Waals surface area contributed by atoms with E-state index in [9.17, 15) is 49.7 Å². The van der Waals surface area contributed by atoms with E-state index in [0.717, 1.165) is 38.5 Å². The Morgan fingerprint density at radius 2 is 1.05 bits per heavy atom. The number of aliphatic hydroxyl groups excluding tert-OH is 6. The molecule has 14 nitrogen and oxygen atoms in total. The summed E-state index contributed by atoms with van der Waals surface area (Å²) in [7, 11) is -5.16. The fourth-order valence-electron chi connectivity index (χ4n) is 5.98. The fraction of sp³-hybridized carbons (Fsp3) is 0.592. The summed E-state index contributed by atoms with van der Waals surface area (Å²) < 4.78 is 33.4. The minimum absolute atomic E-state index is 0.0181. The van der Waals surface area contributed by atoms with Crippen LogP contribution in [0.3, 0.4) is 0 Å². The Morgan fingerprint density at radius 1 is 0.578 bits per heavy atom. The Kier molecular flexibility index (Phi) is 34.4. The standard InChI is InChI=1S/C49H77O14P/c1-3-5-7-8-9-10-11-12-13-14-15-16-20-23-26-29-32-36-42(51)60-38-41(39-61-64(58,59)63-49-47(56)45(54)44(53)46(55)48(49)57)62-43(52)37-33-30-27-24-21-18-17-19-22-25-28-31-35-40(50)34-6-4-2/h6,9-10,12-13,15-18,22-28,31,34,40-41,44-50,53-57H,3-5,7-8,11,14,19-21,29-30,32-33,35-39H2,1-2H3,(H,58,59)/b10-9-,13-12-,16-15-,18-17-,25-22-,26-23-,27-24-,31-28+,34-6-/t40?,41-,44?,45-,46+,47-,48-,49?/m1/s1. The molecule has 4 unspecified atom stereocenters. The topological polar surface area (TPSA) is 230 Å². The van der Waals surface area contributed by atoms with Crippen molar-refractivity contribution >= 4 is 19.8 Å². The second kappa shape index (κ2) is 37.7. The van der Waals surface area contributed by atoms with E-state index in [2.05, 4.69) is 43.4 Å². The van der Waals surface area contributed by atoms with Crippen LogP contribution >= 0.6 is 7.82 Å². The smallest absolute Gasteiger partial charge is 0.462 e. The van der Waals surface area contributed by atoms with Gasteiger partial charge in [-0.25, -0.2) is 4.57 Å². The maximum atomic E-state index is 12.8. The number of phosphoric acid groups is 1. The fourth-order valence-corrected chi connectivity index (χ4v) is 6.95. The molecule has 1 aliphatic carbocycles. The number of hydrogen-bond donors (Lipinski definition) is 7. The summed E-state index contributed by atoms with van der Waals surface area (Å²) in [6.07, 6.45) is 34.9. The van der Waals surface area contributed by atoms with Crippen LogP contribution in [-0.2, 0) is 32.7 Å². The summed E-state index contributed by atoms with van der Waals surface area (Å²) in [6.45, 7) is 2.92. The normalized spacial score (nSPS) is 23.1. The van der Waals surface area contributed by atoms with E-state index in [1.54, 1.807) is 6.08 Å². The number of carbonyl (C=O) groups is 2.